The van der Waals surface area contributed by atoms with Crippen LogP contribution in [0.2, 0.25) is 0 Å². The number of benzene rings is 1. The SMILES string of the molecule is COc1cccc(OC(=O)CSc2nc(-c3ccco3)nc3cc(=O)[nH]n23)c1. The molecule has 0 unspecified atom stereocenters. The summed E-state index contributed by atoms with van der Waals surface area (Å²) in [6.07, 6.45) is 1.50. The Labute approximate surface area is 162 Å². The summed E-state index contributed by atoms with van der Waals surface area (Å²) in [6, 6.07) is 11.5. The molecule has 0 fully saturated rings. The number of methoxy groups -OCH3 is 1. The molecule has 1 N–H and O–H groups in total. The molecule has 0 saturated carbocycles. The molecule has 10 heteroatoms. The number of aromatic nitrogens is 4. The third-order valence-electron chi connectivity index (χ3n) is 3.66. The number of furan rings is 1. The van der Waals surface area contributed by atoms with Crippen molar-refractivity contribution in [3.8, 4) is 23.1 Å². The van der Waals surface area contributed by atoms with Gasteiger partial charge in [0.2, 0.25) is 0 Å². The summed E-state index contributed by atoms with van der Waals surface area (Å²) in [4.78, 5) is 32.6. The first-order valence-corrected chi connectivity index (χ1v) is 9.12. The molecule has 0 radical (unpaired) electrons. The molecule has 0 spiro atoms. The number of hydrogen-bond acceptors (Lipinski definition) is 8. The summed E-state index contributed by atoms with van der Waals surface area (Å²) in [5.74, 6) is 1.23. The number of carbonyl (C=O) groups is 1. The molecular weight excluding hydrogens is 384 g/mol. The monoisotopic (exact) mass is 398 g/mol. The highest BCUT2D eigenvalue weighted by atomic mass is 32.2. The maximum Gasteiger partial charge on any atom is 0.321 e. The molecule has 0 aliphatic heterocycles. The zero-order valence-corrected chi connectivity index (χ0v) is 15.4. The Kier molecular flexibility index (Phi) is 4.85. The number of hydrogen-bond donors (Lipinski definition) is 1. The Hall–Kier alpha value is -3.53. The molecule has 28 heavy (non-hydrogen) atoms. The first kappa shape index (κ1) is 17.9. The predicted octanol–water partition coefficient (Wildman–Crippen LogP) is 2.38. The van der Waals surface area contributed by atoms with Crippen LogP contribution >= 0.6 is 11.8 Å². The quantitative estimate of drug-likeness (QED) is 0.299. The van der Waals surface area contributed by atoms with Gasteiger partial charge >= 0.3 is 5.97 Å². The third kappa shape index (κ3) is 3.76. The van der Waals surface area contributed by atoms with E-state index in [1.165, 1.54) is 24.0 Å². The van der Waals surface area contributed by atoms with Crippen LogP contribution in [0.4, 0.5) is 0 Å². The van der Waals surface area contributed by atoms with Crippen LogP contribution in [0.15, 0.2) is 63.1 Å². The summed E-state index contributed by atoms with van der Waals surface area (Å²) in [7, 11) is 1.53. The van der Waals surface area contributed by atoms with Crippen LogP contribution in [-0.4, -0.2) is 38.4 Å². The molecule has 0 amide bonds. The molecule has 1 aromatic carbocycles. The maximum atomic E-state index is 12.2. The van der Waals surface area contributed by atoms with Crippen LogP contribution in [0.25, 0.3) is 17.2 Å². The van der Waals surface area contributed by atoms with Crippen LogP contribution in [0.1, 0.15) is 0 Å². The molecule has 0 aliphatic rings. The van der Waals surface area contributed by atoms with E-state index in [0.717, 1.165) is 11.8 Å². The zero-order valence-electron chi connectivity index (χ0n) is 14.6. The number of carbonyl (C=O) groups excluding carboxylic acids is 1. The van der Waals surface area contributed by atoms with E-state index >= 15 is 0 Å². The Morgan fingerprint density at radius 1 is 1.21 bits per heavy atom. The molecule has 9 nitrogen and oxygen atoms in total. The number of thioether (sulfide) groups is 1. The molecule has 3 aromatic heterocycles. The topological polar surface area (TPSA) is 112 Å². The van der Waals surface area contributed by atoms with E-state index in [-0.39, 0.29) is 11.3 Å². The lowest BCUT2D eigenvalue weighted by Gasteiger charge is -2.07. The van der Waals surface area contributed by atoms with E-state index in [4.69, 9.17) is 13.9 Å². The molecule has 142 valence electrons. The van der Waals surface area contributed by atoms with E-state index < -0.39 is 5.97 Å². The van der Waals surface area contributed by atoms with Gasteiger partial charge in [-0.3, -0.25) is 14.7 Å². The Morgan fingerprint density at radius 3 is 2.86 bits per heavy atom. The van der Waals surface area contributed by atoms with Gasteiger partial charge in [0.05, 0.1) is 19.1 Å². The second-order valence-electron chi connectivity index (χ2n) is 5.56. The minimum Gasteiger partial charge on any atom is -0.497 e. The third-order valence-corrected chi connectivity index (χ3v) is 4.57. The molecular formula is C18H14N4O5S. The lowest BCUT2D eigenvalue weighted by Crippen LogP contribution is -2.12. The fourth-order valence-electron chi connectivity index (χ4n) is 2.45. The highest BCUT2D eigenvalue weighted by molar-refractivity contribution is 7.99. The number of ether oxygens (including phenoxy) is 2. The summed E-state index contributed by atoms with van der Waals surface area (Å²) in [5, 5.41) is 2.98. The van der Waals surface area contributed by atoms with Crippen LogP contribution in [0, 0.1) is 0 Å². The lowest BCUT2D eigenvalue weighted by molar-refractivity contribution is -0.131. The van der Waals surface area contributed by atoms with E-state index in [2.05, 4.69) is 15.1 Å². The second-order valence-corrected chi connectivity index (χ2v) is 6.51. The van der Waals surface area contributed by atoms with Crippen molar-refractivity contribution in [2.24, 2.45) is 0 Å². The highest BCUT2D eigenvalue weighted by Gasteiger charge is 2.15. The van der Waals surface area contributed by atoms with Crippen molar-refractivity contribution in [3.05, 3.63) is 59.1 Å². The fourth-order valence-corrected chi connectivity index (χ4v) is 3.17. The van der Waals surface area contributed by atoms with E-state index in [1.807, 2.05) is 0 Å². The molecule has 0 atom stereocenters. The van der Waals surface area contributed by atoms with Gasteiger partial charge in [-0.2, -0.15) is 4.98 Å². The van der Waals surface area contributed by atoms with Crippen LogP contribution in [0.5, 0.6) is 11.5 Å². The van der Waals surface area contributed by atoms with Crippen molar-refractivity contribution in [2.45, 2.75) is 5.16 Å². The molecule has 3 heterocycles. The van der Waals surface area contributed by atoms with Crippen molar-refractivity contribution < 1.29 is 18.7 Å². The number of esters is 1. The number of fused-ring (bicyclic) bond motifs is 1. The second kappa shape index (κ2) is 7.61. The normalized spacial score (nSPS) is 10.9. The average molecular weight is 398 g/mol. The Morgan fingerprint density at radius 2 is 2.07 bits per heavy atom. The number of nitrogens with one attached hydrogen (secondary N) is 1. The first-order valence-electron chi connectivity index (χ1n) is 8.13. The van der Waals surface area contributed by atoms with Crippen molar-refractivity contribution in [2.75, 3.05) is 12.9 Å². The van der Waals surface area contributed by atoms with Crippen molar-refractivity contribution in [1.29, 1.82) is 0 Å². The van der Waals surface area contributed by atoms with Gasteiger partial charge < -0.3 is 13.9 Å². The Bertz CT molecular complexity index is 1180. The van der Waals surface area contributed by atoms with Gasteiger partial charge in [0.25, 0.3) is 5.56 Å². The van der Waals surface area contributed by atoms with Gasteiger partial charge in [0, 0.05) is 12.1 Å². The summed E-state index contributed by atoms with van der Waals surface area (Å²) < 4.78 is 17.2. The molecule has 0 aliphatic carbocycles. The van der Waals surface area contributed by atoms with Gasteiger partial charge in [-0.05, 0) is 24.3 Å². The van der Waals surface area contributed by atoms with Crippen LogP contribution in [-0.2, 0) is 4.79 Å². The van der Waals surface area contributed by atoms with Crippen LogP contribution in [0.3, 0.4) is 0 Å². The molecule has 4 aromatic rings. The van der Waals surface area contributed by atoms with E-state index in [0.29, 0.717) is 33.9 Å². The zero-order chi connectivity index (χ0) is 19.5. The minimum absolute atomic E-state index is 0.0267. The highest BCUT2D eigenvalue weighted by Crippen LogP contribution is 2.23. The van der Waals surface area contributed by atoms with Crippen molar-refractivity contribution in [1.82, 2.24) is 19.6 Å². The number of nitrogens with zero attached hydrogens (tertiary/aromatic N) is 3. The molecule has 0 bridgehead atoms. The lowest BCUT2D eigenvalue weighted by atomic mass is 10.3. The summed E-state index contributed by atoms with van der Waals surface area (Å²) in [5.41, 5.74) is 0.0433. The van der Waals surface area contributed by atoms with Crippen molar-refractivity contribution in [3.63, 3.8) is 0 Å². The smallest absolute Gasteiger partial charge is 0.321 e. The maximum absolute atomic E-state index is 12.2. The summed E-state index contributed by atoms with van der Waals surface area (Å²) in [6.45, 7) is 0. The Balaban J connectivity index is 1.55. The van der Waals surface area contributed by atoms with Crippen LogP contribution < -0.4 is 15.0 Å². The average Bonchev–Trinajstić information content (AvgIpc) is 3.35. The van der Waals surface area contributed by atoms with Gasteiger partial charge in [0.15, 0.2) is 22.4 Å². The fraction of sp³-hybridized carbons (Fsp3) is 0.111. The number of aromatic amines is 1. The van der Waals surface area contributed by atoms with Gasteiger partial charge in [-0.15, -0.1) is 0 Å². The summed E-state index contributed by atoms with van der Waals surface area (Å²) >= 11 is 1.11. The first-order chi connectivity index (χ1) is 13.6. The van der Waals surface area contributed by atoms with Gasteiger partial charge in [-0.25, -0.2) is 9.50 Å². The molecule has 4 rings (SSSR count). The largest absolute Gasteiger partial charge is 0.497 e. The number of rotatable bonds is 6. The van der Waals surface area contributed by atoms with Gasteiger partial charge in [0.1, 0.15) is 11.5 Å². The standard InChI is InChI=1S/C18H14N4O5S/c1-25-11-4-2-5-12(8-11)27-16(24)10-28-18-20-17(13-6-3-7-26-13)19-14-9-15(23)21-22(14)18/h2-9H,10H2,1H3,(H,21,23). The number of H-pyrrole nitrogens is 1. The van der Waals surface area contributed by atoms with E-state index in [1.54, 1.807) is 36.4 Å². The molecule has 0 saturated heterocycles. The van der Waals surface area contributed by atoms with Gasteiger partial charge in [-0.1, -0.05) is 17.8 Å². The van der Waals surface area contributed by atoms with Crippen molar-refractivity contribution >= 4 is 23.4 Å². The van der Waals surface area contributed by atoms with E-state index in [9.17, 15) is 9.59 Å². The predicted molar refractivity (Wildman–Crippen MR) is 101 cm³/mol. The minimum atomic E-state index is -0.473.